The zero-order valence-electron chi connectivity index (χ0n) is 12.2. The average molecular weight is 300 g/mol. The minimum absolute atomic E-state index is 0.0595. The van der Waals surface area contributed by atoms with Crippen LogP contribution in [-0.4, -0.2) is 11.5 Å². The summed E-state index contributed by atoms with van der Waals surface area (Å²) in [4.78, 5) is 16.8. The fraction of sp³-hybridized carbons (Fsp3) is 0.222. The molecule has 2 rings (SSSR count). The van der Waals surface area contributed by atoms with E-state index in [1.54, 1.807) is 24.3 Å². The van der Waals surface area contributed by atoms with E-state index in [0.29, 0.717) is 17.0 Å². The molecule has 1 atom stereocenters. The molecule has 0 aromatic heterocycles. The maximum atomic E-state index is 12.2. The van der Waals surface area contributed by atoms with Gasteiger partial charge in [0.15, 0.2) is 5.78 Å². The maximum Gasteiger partial charge on any atom is 0.168 e. The van der Waals surface area contributed by atoms with Crippen LogP contribution in [-0.2, 0) is 0 Å². The lowest BCUT2D eigenvalue weighted by Crippen LogP contribution is -2.06. The van der Waals surface area contributed by atoms with Crippen LogP contribution in [0.3, 0.4) is 0 Å². The van der Waals surface area contributed by atoms with Crippen molar-refractivity contribution in [2.75, 3.05) is 0 Å². The number of carbonyl (C=O) groups is 1. The number of nitrogens with zero attached hydrogens (tertiary/aromatic N) is 1. The third-order valence-corrected chi connectivity index (χ3v) is 3.53. The number of rotatable bonds is 5. The Bertz CT molecular complexity index is 632. The van der Waals surface area contributed by atoms with Crippen LogP contribution in [0, 0.1) is 0 Å². The number of ketones is 1. The van der Waals surface area contributed by atoms with Crippen molar-refractivity contribution in [3.63, 3.8) is 0 Å². The van der Waals surface area contributed by atoms with Gasteiger partial charge >= 0.3 is 0 Å². The molecule has 0 saturated carbocycles. The quantitative estimate of drug-likeness (QED) is 0.555. The van der Waals surface area contributed by atoms with Gasteiger partial charge in [-0.15, -0.1) is 0 Å². The van der Waals surface area contributed by atoms with Gasteiger partial charge in [0.05, 0.1) is 6.04 Å². The standard InChI is InChI=1S/C18H18ClNO/c1-13(20-14(2)15-6-4-3-5-7-15)12-18(21)16-8-10-17(19)11-9-16/h3-11,14H,12H2,1-2H3/t14-/m0/s1. The zero-order valence-corrected chi connectivity index (χ0v) is 13.0. The smallest absolute Gasteiger partial charge is 0.168 e. The third-order valence-electron chi connectivity index (χ3n) is 3.28. The van der Waals surface area contributed by atoms with Gasteiger partial charge in [-0.1, -0.05) is 41.9 Å². The lowest BCUT2D eigenvalue weighted by Gasteiger charge is -2.09. The molecule has 2 aromatic rings. The van der Waals surface area contributed by atoms with Crippen LogP contribution in [0.1, 0.15) is 42.2 Å². The second kappa shape index (κ2) is 7.19. The van der Waals surface area contributed by atoms with Gasteiger partial charge in [0.2, 0.25) is 0 Å². The van der Waals surface area contributed by atoms with E-state index in [1.807, 2.05) is 44.2 Å². The third kappa shape index (κ3) is 4.54. The molecule has 0 aliphatic carbocycles. The monoisotopic (exact) mass is 299 g/mol. The van der Waals surface area contributed by atoms with Gasteiger partial charge in [0.25, 0.3) is 0 Å². The van der Waals surface area contributed by atoms with Crippen molar-refractivity contribution in [3.05, 3.63) is 70.7 Å². The Labute approximate surface area is 130 Å². The van der Waals surface area contributed by atoms with Crippen molar-refractivity contribution in [1.29, 1.82) is 0 Å². The molecule has 21 heavy (non-hydrogen) atoms. The molecular formula is C18H18ClNO. The highest BCUT2D eigenvalue weighted by Gasteiger charge is 2.09. The molecule has 0 fully saturated rings. The molecule has 0 aliphatic heterocycles. The first-order chi connectivity index (χ1) is 10.1. The largest absolute Gasteiger partial charge is 0.294 e. The summed E-state index contributed by atoms with van der Waals surface area (Å²) in [6.07, 6.45) is 0.332. The molecule has 0 bridgehead atoms. The van der Waals surface area contributed by atoms with Gasteiger partial charge in [0, 0.05) is 22.7 Å². The highest BCUT2D eigenvalue weighted by Crippen LogP contribution is 2.17. The molecule has 0 heterocycles. The van der Waals surface area contributed by atoms with Gasteiger partial charge in [0.1, 0.15) is 0 Å². The van der Waals surface area contributed by atoms with Crippen LogP contribution >= 0.6 is 11.6 Å². The number of halogens is 1. The van der Waals surface area contributed by atoms with Crippen LogP contribution in [0.25, 0.3) is 0 Å². The van der Waals surface area contributed by atoms with E-state index in [0.717, 1.165) is 11.3 Å². The second-order valence-corrected chi connectivity index (χ2v) is 5.49. The van der Waals surface area contributed by atoms with E-state index in [2.05, 4.69) is 4.99 Å². The fourth-order valence-electron chi connectivity index (χ4n) is 2.15. The molecule has 3 heteroatoms. The number of hydrogen-bond acceptors (Lipinski definition) is 2. The molecule has 0 N–H and O–H groups in total. The first-order valence-electron chi connectivity index (χ1n) is 6.93. The number of Topliss-reactive ketones (excluding diaryl/α,β-unsaturated/α-hetero) is 1. The van der Waals surface area contributed by atoms with Crippen LogP contribution in [0.5, 0.6) is 0 Å². The van der Waals surface area contributed by atoms with Crippen molar-refractivity contribution in [3.8, 4) is 0 Å². The molecule has 0 saturated heterocycles. The molecule has 0 spiro atoms. The van der Waals surface area contributed by atoms with E-state index in [9.17, 15) is 4.79 Å². The van der Waals surface area contributed by atoms with Crippen LogP contribution in [0.15, 0.2) is 59.6 Å². The molecule has 0 unspecified atom stereocenters. The predicted molar refractivity (Wildman–Crippen MR) is 88.4 cm³/mol. The Kier molecular flexibility index (Phi) is 5.29. The lowest BCUT2D eigenvalue weighted by molar-refractivity contribution is 0.100. The van der Waals surface area contributed by atoms with Gasteiger partial charge in [-0.2, -0.15) is 0 Å². The van der Waals surface area contributed by atoms with Crippen molar-refractivity contribution in [2.45, 2.75) is 26.3 Å². The first-order valence-corrected chi connectivity index (χ1v) is 7.31. The molecule has 0 aliphatic rings. The van der Waals surface area contributed by atoms with E-state index in [-0.39, 0.29) is 11.8 Å². The van der Waals surface area contributed by atoms with Crippen molar-refractivity contribution in [1.82, 2.24) is 0 Å². The summed E-state index contributed by atoms with van der Waals surface area (Å²) < 4.78 is 0. The summed E-state index contributed by atoms with van der Waals surface area (Å²) in [7, 11) is 0. The van der Waals surface area contributed by atoms with E-state index in [1.165, 1.54) is 0 Å². The summed E-state index contributed by atoms with van der Waals surface area (Å²) in [6.45, 7) is 3.93. The topological polar surface area (TPSA) is 29.4 Å². The summed E-state index contributed by atoms with van der Waals surface area (Å²) in [6, 6.07) is 17.1. The van der Waals surface area contributed by atoms with E-state index in [4.69, 9.17) is 11.6 Å². The number of aliphatic imine (C=N–C) groups is 1. The average Bonchev–Trinajstić information content (AvgIpc) is 2.48. The van der Waals surface area contributed by atoms with Gasteiger partial charge in [-0.25, -0.2) is 0 Å². The summed E-state index contributed by atoms with van der Waals surface area (Å²) >= 11 is 5.82. The molecule has 0 radical (unpaired) electrons. The summed E-state index contributed by atoms with van der Waals surface area (Å²) in [5, 5.41) is 0.634. The molecule has 108 valence electrons. The Morgan fingerprint density at radius 2 is 1.71 bits per heavy atom. The van der Waals surface area contributed by atoms with Crippen molar-refractivity contribution in [2.24, 2.45) is 4.99 Å². The van der Waals surface area contributed by atoms with Crippen molar-refractivity contribution < 1.29 is 4.79 Å². The highest BCUT2D eigenvalue weighted by molar-refractivity contribution is 6.30. The number of hydrogen-bond donors (Lipinski definition) is 0. The first kappa shape index (κ1) is 15.5. The Hall–Kier alpha value is -1.93. The Balaban J connectivity index is 2.03. The van der Waals surface area contributed by atoms with Crippen molar-refractivity contribution >= 4 is 23.1 Å². The lowest BCUT2D eigenvalue weighted by atomic mass is 10.1. The summed E-state index contributed by atoms with van der Waals surface area (Å²) in [5.74, 6) is 0.0631. The number of benzene rings is 2. The minimum atomic E-state index is 0.0595. The number of carbonyl (C=O) groups excluding carboxylic acids is 1. The van der Waals surface area contributed by atoms with Gasteiger partial charge in [-0.05, 0) is 43.7 Å². The normalized spacial score (nSPS) is 13.0. The molecular weight excluding hydrogens is 282 g/mol. The van der Waals surface area contributed by atoms with Gasteiger partial charge in [-0.3, -0.25) is 9.79 Å². The predicted octanol–water partition coefficient (Wildman–Crippen LogP) is 5.13. The molecule has 2 aromatic carbocycles. The minimum Gasteiger partial charge on any atom is -0.294 e. The van der Waals surface area contributed by atoms with Crippen LogP contribution in [0.4, 0.5) is 0 Å². The van der Waals surface area contributed by atoms with Crippen LogP contribution < -0.4 is 0 Å². The molecule has 2 nitrogen and oxygen atoms in total. The van der Waals surface area contributed by atoms with E-state index >= 15 is 0 Å². The molecule has 0 amide bonds. The highest BCUT2D eigenvalue weighted by atomic mass is 35.5. The van der Waals surface area contributed by atoms with Gasteiger partial charge < -0.3 is 0 Å². The summed E-state index contributed by atoms with van der Waals surface area (Å²) in [5.41, 5.74) is 2.66. The maximum absolute atomic E-state index is 12.2. The fourth-order valence-corrected chi connectivity index (χ4v) is 2.28. The SMILES string of the molecule is CC(CC(=O)c1ccc(Cl)cc1)=N[C@@H](C)c1ccccc1. The zero-order chi connectivity index (χ0) is 15.2. The van der Waals surface area contributed by atoms with Crippen LogP contribution in [0.2, 0.25) is 5.02 Å². The Morgan fingerprint density at radius 1 is 1.10 bits per heavy atom. The van der Waals surface area contributed by atoms with E-state index < -0.39 is 0 Å². The second-order valence-electron chi connectivity index (χ2n) is 5.06. The Morgan fingerprint density at radius 3 is 2.33 bits per heavy atom.